The number of hydrogen-bond acceptors (Lipinski definition) is 4. The van der Waals surface area contributed by atoms with Gasteiger partial charge in [0.05, 0.1) is 35.1 Å². The molecule has 2 heterocycles. The van der Waals surface area contributed by atoms with Crippen molar-refractivity contribution < 1.29 is 9.53 Å². The first-order valence-electron chi connectivity index (χ1n) is 9.65. The van der Waals surface area contributed by atoms with Gasteiger partial charge in [0.1, 0.15) is 0 Å². The fraction of sp³-hybridized carbons (Fsp3) is 0.115. The summed E-state index contributed by atoms with van der Waals surface area (Å²) in [5, 5.41) is 2.06. The molecule has 4 rings (SSSR count). The number of fused-ring (bicyclic) bond motifs is 2. The van der Waals surface area contributed by atoms with Gasteiger partial charge in [0.15, 0.2) is 0 Å². The zero-order valence-electron chi connectivity index (χ0n) is 17.8. The van der Waals surface area contributed by atoms with Crippen molar-refractivity contribution in [2.45, 2.75) is 13.8 Å². The summed E-state index contributed by atoms with van der Waals surface area (Å²) >= 11 is 3.43. The van der Waals surface area contributed by atoms with E-state index in [1.165, 1.54) is 7.11 Å². The lowest BCUT2D eigenvalue weighted by Crippen LogP contribution is -2.00. The van der Waals surface area contributed by atoms with Gasteiger partial charge in [-0.15, -0.1) is 0 Å². The number of hydrogen-bond donors (Lipinski definition) is 0. The predicted molar refractivity (Wildman–Crippen MR) is 132 cm³/mol. The Balaban J connectivity index is 0.000000179. The first kappa shape index (κ1) is 22.4. The van der Waals surface area contributed by atoms with Crippen LogP contribution in [0.25, 0.3) is 33.0 Å². The van der Waals surface area contributed by atoms with Gasteiger partial charge >= 0.3 is 5.97 Å². The van der Waals surface area contributed by atoms with E-state index >= 15 is 0 Å². The number of aromatic nitrogens is 2. The Kier molecular flexibility index (Phi) is 6.98. The Morgan fingerprint density at radius 3 is 1.84 bits per heavy atom. The minimum absolute atomic E-state index is 0.337. The van der Waals surface area contributed by atoms with Crippen molar-refractivity contribution in [2.24, 2.45) is 0 Å². The molecule has 0 fully saturated rings. The molecule has 0 amide bonds. The van der Waals surface area contributed by atoms with Gasteiger partial charge in [-0.25, -0.2) is 14.8 Å². The third kappa shape index (κ3) is 5.44. The highest BCUT2D eigenvalue weighted by molar-refractivity contribution is 9.10. The number of rotatable bonds is 3. The molecule has 0 atom stereocenters. The molecule has 0 radical (unpaired) electrons. The van der Waals surface area contributed by atoms with Crippen molar-refractivity contribution in [3.8, 4) is 0 Å². The molecule has 0 saturated heterocycles. The average molecular weight is 475 g/mol. The molecular formula is C26H23BrN2O2. The van der Waals surface area contributed by atoms with Crippen LogP contribution in [0.4, 0.5) is 0 Å². The Labute approximate surface area is 190 Å². The highest BCUT2D eigenvalue weighted by atomic mass is 79.9. The molecule has 0 N–H and O–H groups in total. The van der Waals surface area contributed by atoms with Gasteiger partial charge < -0.3 is 4.74 Å². The van der Waals surface area contributed by atoms with Crippen molar-refractivity contribution in [1.82, 2.24) is 9.97 Å². The Morgan fingerprint density at radius 1 is 0.806 bits per heavy atom. The maximum absolute atomic E-state index is 11.4. The van der Waals surface area contributed by atoms with Gasteiger partial charge in [0.2, 0.25) is 0 Å². The maximum Gasteiger partial charge on any atom is 0.337 e. The summed E-state index contributed by atoms with van der Waals surface area (Å²) in [6, 6.07) is 19.3. The van der Waals surface area contributed by atoms with Crippen LogP contribution in [0, 0.1) is 0 Å². The van der Waals surface area contributed by atoms with Crippen molar-refractivity contribution >= 4 is 54.9 Å². The monoisotopic (exact) mass is 474 g/mol. The van der Waals surface area contributed by atoms with Crippen LogP contribution in [-0.2, 0) is 4.74 Å². The number of esters is 1. The van der Waals surface area contributed by atoms with Crippen LogP contribution in [0.2, 0.25) is 0 Å². The molecule has 0 aliphatic carbocycles. The van der Waals surface area contributed by atoms with E-state index in [4.69, 9.17) is 0 Å². The zero-order chi connectivity index (χ0) is 22.5. The quantitative estimate of drug-likeness (QED) is 0.297. The van der Waals surface area contributed by atoms with E-state index in [9.17, 15) is 4.79 Å². The third-order valence-corrected chi connectivity index (χ3v) is 5.13. The molecule has 0 aliphatic heterocycles. The van der Waals surface area contributed by atoms with E-state index in [-0.39, 0.29) is 5.97 Å². The summed E-state index contributed by atoms with van der Waals surface area (Å²) in [4.78, 5) is 20.3. The van der Waals surface area contributed by atoms with Gasteiger partial charge in [0, 0.05) is 15.2 Å². The number of carbonyl (C=O) groups is 1. The maximum atomic E-state index is 11.4. The Morgan fingerprint density at radius 2 is 1.32 bits per heavy atom. The summed E-state index contributed by atoms with van der Waals surface area (Å²) in [6.45, 7) is 11.6. The van der Waals surface area contributed by atoms with Crippen LogP contribution in [0.15, 0.2) is 78.3 Å². The van der Waals surface area contributed by atoms with E-state index in [1.807, 2.05) is 50.2 Å². The first-order valence-corrected chi connectivity index (χ1v) is 10.4. The number of allylic oxidation sites excluding steroid dienone is 2. The summed E-state index contributed by atoms with van der Waals surface area (Å²) in [5.41, 5.74) is 6.12. The normalized spacial score (nSPS) is 10.3. The van der Waals surface area contributed by atoms with Gasteiger partial charge in [-0.05, 0) is 73.5 Å². The van der Waals surface area contributed by atoms with Gasteiger partial charge in [-0.3, -0.25) is 0 Å². The van der Waals surface area contributed by atoms with Crippen LogP contribution in [0.1, 0.15) is 35.6 Å². The largest absolute Gasteiger partial charge is 0.465 e. The van der Waals surface area contributed by atoms with Crippen LogP contribution in [0.3, 0.4) is 0 Å². The summed E-state index contributed by atoms with van der Waals surface area (Å²) in [5.74, 6) is -0.337. The molecule has 2 aromatic carbocycles. The number of benzene rings is 2. The van der Waals surface area contributed by atoms with E-state index < -0.39 is 0 Å². The van der Waals surface area contributed by atoms with E-state index in [1.54, 1.807) is 12.1 Å². The van der Waals surface area contributed by atoms with Crippen LogP contribution >= 0.6 is 15.9 Å². The van der Waals surface area contributed by atoms with E-state index in [0.29, 0.717) is 5.56 Å². The topological polar surface area (TPSA) is 52.1 Å². The van der Waals surface area contributed by atoms with Crippen molar-refractivity contribution in [3.05, 3.63) is 95.2 Å². The van der Waals surface area contributed by atoms with Gasteiger partial charge in [0.25, 0.3) is 0 Å². The molecule has 2 aromatic heterocycles. The lowest BCUT2D eigenvalue weighted by Gasteiger charge is -2.04. The molecule has 4 nitrogen and oxygen atoms in total. The SMILES string of the molecule is C=C(C)c1ccc2cc(Br)ccc2n1.C=C(C)c1ccc2cc(C(=O)OC)ccc2n1. The number of nitrogens with zero attached hydrogens (tertiary/aromatic N) is 2. The third-order valence-electron chi connectivity index (χ3n) is 4.64. The summed E-state index contributed by atoms with van der Waals surface area (Å²) in [7, 11) is 1.37. The second kappa shape index (κ2) is 9.67. The second-order valence-electron chi connectivity index (χ2n) is 7.19. The number of pyridine rings is 2. The standard InChI is InChI=1S/C14H13NO2.C12H10BrN/c1-9(2)12-6-4-10-8-11(14(16)17-3)5-7-13(10)15-12;1-8(2)11-5-3-9-7-10(13)4-6-12(9)14-11/h4-8H,1H2,2-3H3;3-7H,1H2,2H3. The molecule has 4 aromatic rings. The molecule has 0 unspecified atom stereocenters. The molecule has 156 valence electrons. The van der Waals surface area contributed by atoms with Gasteiger partial charge in [-0.1, -0.05) is 41.2 Å². The zero-order valence-corrected chi connectivity index (χ0v) is 19.4. The average Bonchev–Trinajstić information content (AvgIpc) is 2.77. The lowest BCUT2D eigenvalue weighted by molar-refractivity contribution is 0.0601. The van der Waals surface area contributed by atoms with Crippen molar-refractivity contribution in [1.29, 1.82) is 0 Å². The highest BCUT2D eigenvalue weighted by Crippen LogP contribution is 2.20. The molecule has 0 bridgehead atoms. The van der Waals surface area contributed by atoms with E-state index in [0.717, 1.165) is 48.8 Å². The van der Waals surface area contributed by atoms with Crippen LogP contribution in [-0.4, -0.2) is 23.0 Å². The Bertz CT molecular complexity index is 1310. The smallest absolute Gasteiger partial charge is 0.337 e. The molecule has 0 spiro atoms. The molecular weight excluding hydrogens is 452 g/mol. The number of ether oxygens (including phenoxy) is 1. The summed E-state index contributed by atoms with van der Waals surface area (Å²) in [6.07, 6.45) is 0. The van der Waals surface area contributed by atoms with E-state index in [2.05, 4.69) is 55.9 Å². The minimum Gasteiger partial charge on any atom is -0.465 e. The first-order chi connectivity index (χ1) is 14.8. The fourth-order valence-electron chi connectivity index (χ4n) is 2.94. The van der Waals surface area contributed by atoms with Crippen molar-refractivity contribution in [2.75, 3.05) is 7.11 Å². The predicted octanol–water partition coefficient (Wildman–Crippen LogP) is 7.08. The Hall–Kier alpha value is -3.31. The van der Waals surface area contributed by atoms with Crippen LogP contribution in [0.5, 0.6) is 0 Å². The van der Waals surface area contributed by atoms with Crippen molar-refractivity contribution in [3.63, 3.8) is 0 Å². The molecule has 0 saturated carbocycles. The van der Waals surface area contributed by atoms with Crippen LogP contribution < -0.4 is 0 Å². The lowest BCUT2D eigenvalue weighted by atomic mass is 10.1. The number of methoxy groups -OCH3 is 1. The number of carbonyl (C=O) groups excluding carboxylic acids is 1. The van der Waals surface area contributed by atoms with Gasteiger partial charge in [-0.2, -0.15) is 0 Å². The summed E-state index contributed by atoms with van der Waals surface area (Å²) < 4.78 is 5.75. The highest BCUT2D eigenvalue weighted by Gasteiger charge is 2.07. The minimum atomic E-state index is -0.337. The second-order valence-corrected chi connectivity index (χ2v) is 8.11. The number of halogens is 1. The fourth-order valence-corrected chi connectivity index (χ4v) is 3.32. The molecule has 0 aliphatic rings. The molecule has 5 heteroatoms. The molecule has 31 heavy (non-hydrogen) atoms.